The molecule has 0 radical (unpaired) electrons. The Morgan fingerprint density at radius 3 is 2.86 bits per heavy atom. The third-order valence-corrected chi connectivity index (χ3v) is 3.96. The van der Waals surface area contributed by atoms with Crippen LogP contribution >= 0.6 is 11.3 Å². The van der Waals surface area contributed by atoms with Gasteiger partial charge < -0.3 is 15.3 Å². The Morgan fingerprint density at radius 1 is 1.38 bits per heavy atom. The first-order chi connectivity index (χ1) is 10.1. The maximum Gasteiger partial charge on any atom is 0.251 e. The fraction of sp³-hybridized carbons (Fsp3) is 0.312. The average Bonchev–Trinajstić information content (AvgIpc) is 3.01. The van der Waals surface area contributed by atoms with E-state index < -0.39 is 6.10 Å². The highest BCUT2D eigenvalue weighted by atomic mass is 32.1. The molecule has 0 unspecified atom stereocenters. The number of aliphatic hydroxyl groups excluding tert-OH is 1. The molecule has 5 heteroatoms. The molecule has 1 aromatic carbocycles. The number of nitrogens with one attached hydrogen (secondary N) is 1. The van der Waals surface area contributed by atoms with Crippen molar-refractivity contribution in [3.63, 3.8) is 0 Å². The molecule has 1 heterocycles. The fourth-order valence-corrected chi connectivity index (χ4v) is 2.69. The molecule has 1 amide bonds. The summed E-state index contributed by atoms with van der Waals surface area (Å²) >= 11 is 1.56. The van der Waals surface area contributed by atoms with E-state index in [4.69, 9.17) is 0 Å². The third kappa shape index (κ3) is 4.31. The number of aliphatic hydroxyl groups is 1. The standard InChI is InChI=1S/C16H20N2O2S/c1-18(2)14-5-3-4-12(10-14)16(20)17-8-6-15(19)13-7-9-21-11-13/h3-5,7,9-11,15,19H,6,8H2,1-2H3,(H,17,20)/t15-/m1/s1. The summed E-state index contributed by atoms with van der Waals surface area (Å²) in [5.41, 5.74) is 2.52. The van der Waals surface area contributed by atoms with Gasteiger partial charge in [0.15, 0.2) is 0 Å². The highest BCUT2D eigenvalue weighted by Gasteiger charge is 2.10. The van der Waals surface area contributed by atoms with E-state index in [-0.39, 0.29) is 5.91 Å². The molecule has 1 aromatic heterocycles. The van der Waals surface area contributed by atoms with Gasteiger partial charge in [-0.15, -0.1) is 0 Å². The van der Waals surface area contributed by atoms with Gasteiger partial charge in [0, 0.05) is 31.9 Å². The van der Waals surface area contributed by atoms with Crippen LogP contribution in [0.3, 0.4) is 0 Å². The second kappa shape index (κ2) is 7.24. The Kier molecular flexibility index (Phi) is 5.36. The lowest BCUT2D eigenvalue weighted by Gasteiger charge is -2.14. The van der Waals surface area contributed by atoms with E-state index in [1.165, 1.54) is 0 Å². The molecular formula is C16H20N2O2S. The van der Waals surface area contributed by atoms with E-state index in [0.717, 1.165) is 11.3 Å². The molecule has 2 rings (SSSR count). The topological polar surface area (TPSA) is 52.6 Å². The van der Waals surface area contributed by atoms with Crippen LogP contribution in [0, 0.1) is 0 Å². The Hall–Kier alpha value is -1.85. The molecule has 0 bridgehead atoms. The lowest BCUT2D eigenvalue weighted by atomic mass is 10.1. The molecule has 0 aliphatic carbocycles. The van der Waals surface area contributed by atoms with Crippen molar-refractivity contribution < 1.29 is 9.90 Å². The van der Waals surface area contributed by atoms with Gasteiger partial charge in [-0.25, -0.2) is 0 Å². The molecule has 4 nitrogen and oxygen atoms in total. The van der Waals surface area contributed by atoms with Crippen molar-refractivity contribution in [1.82, 2.24) is 5.32 Å². The van der Waals surface area contributed by atoms with Gasteiger partial charge in [-0.3, -0.25) is 4.79 Å². The molecule has 21 heavy (non-hydrogen) atoms. The van der Waals surface area contributed by atoms with Crippen molar-refractivity contribution in [1.29, 1.82) is 0 Å². The molecule has 0 spiro atoms. The predicted molar refractivity (Wildman–Crippen MR) is 87.0 cm³/mol. The molecule has 1 atom stereocenters. The number of anilines is 1. The number of carbonyl (C=O) groups is 1. The Balaban J connectivity index is 1.86. The molecule has 0 fully saturated rings. The number of hydrogen-bond acceptors (Lipinski definition) is 4. The largest absolute Gasteiger partial charge is 0.388 e. The summed E-state index contributed by atoms with van der Waals surface area (Å²) in [7, 11) is 3.88. The van der Waals surface area contributed by atoms with Gasteiger partial charge in [-0.2, -0.15) is 11.3 Å². The first kappa shape index (κ1) is 15.5. The zero-order valence-electron chi connectivity index (χ0n) is 12.2. The van der Waals surface area contributed by atoms with Crippen LogP contribution in [0.15, 0.2) is 41.1 Å². The van der Waals surface area contributed by atoms with Crippen LogP contribution in [-0.2, 0) is 0 Å². The van der Waals surface area contributed by atoms with Gasteiger partial charge in [0.2, 0.25) is 0 Å². The van der Waals surface area contributed by atoms with E-state index in [1.54, 1.807) is 17.4 Å². The molecular weight excluding hydrogens is 284 g/mol. The summed E-state index contributed by atoms with van der Waals surface area (Å²) in [6.45, 7) is 0.446. The zero-order valence-corrected chi connectivity index (χ0v) is 13.1. The van der Waals surface area contributed by atoms with E-state index >= 15 is 0 Å². The number of thiophene rings is 1. The smallest absolute Gasteiger partial charge is 0.251 e. The minimum atomic E-state index is -0.523. The second-order valence-corrected chi connectivity index (χ2v) is 5.84. The van der Waals surface area contributed by atoms with E-state index in [0.29, 0.717) is 18.5 Å². The normalized spacial score (nSPS) is 12.0. The third-order valence-electron chi connectivity index (χ3n) is 3.26. The van der Waals surface area contributed by atoms with Crippen LogP contribution in [0.4, 0.5) is 5.69 Å². The highest BCUT2D eigenvalue weighted by molar-refractivity contribution is 7.07. The number of carbonyl (C=O) groups excluding carboxylic acids is 1. The lowest BCUT2D eigenvalue weighted by Crippen LogP contribution is -2.25. The van der Waals surface area contributed by atoms with Gasteiger partial charge in [-0.1, -0.05) is 6.07 Å². The summed E-state index contributed by atoms with van der Waals surface area (Å²) in [4.78, 5) is 14.0. The first-order valence-electron chi connectivity index (χ1n) is 6.83. The fourth-order valence-electron chi connectivity index (χ4n) is 1.98. The van der Waals surface area contributed by atoms with E-state index in [2.05, 4.69) is 5.32 Å². The van der Waals surface area contributed by atoms with Crippen molar-refractivity contribution in [3.8, 4) is 0 Å². The molecule has 2 aromatic rings. The second-order valence-electron chi connectivity index (χ2n) is 5.06. The minimum absolute atomic E-state index is 0.115. The quantitative estimate of drug-likeness (QED) is 0.862. The van der Waals surface area contributed by atoms with Crippen molar-refractivity contribution in [3.05, 3.63) is 52.2 Å². The minimum Gasteiger partial charge on any atom is -0.388 e. The average molecular weight is 304 g/mol. The van der Waals surface area contributed by atoms with Gasteiger partial charge in [-0.05, 0) is 47.0 Å². The van der Waals surface area contributed by atoms with Crippen molar-refractivity contribution in [2.24, 2.45) is 0 Å². The molecule has 0 aliphatic heterocycles. The van der Waals surface area contributed by atoms with Crippen molar-refractivity contribution in [2.45, 2.75) is 12.5 Å². The van der Waals surface area contributed by atoms with Crippen LogP contribution in [0.5, 0.6) is 0 Å². The zero-order chi connectivity index (χ0) is 15.2. The van der Waals surface area contributed by atoms with Gasteiger partial charge >= 0.3 is 0 Å². The summed E-state index contributed by atoms with van der Waals surface area (Å²) in [6.07, 6.45) is -0.0137. The number of benzene rings is 1. The monoisotopic (exact) mass is 304 g/mol. The van der Waals surface area contributed by atoms with Gasteiger partial charge in [0.25, 0.3) is 5.91 Å². The van der Waals surface area contributed by atoms with Crippen LogP contribution in [0.2, 0.25) is 0 Å². The summed E-state index contributed by atoms with van der Waals surface area (Å²) < 4.78 is 0. The molecule has 0 saturated heterocycles. The molecule has 2 N–H and O–H groups in total. The maximum absolute atomic E-state index is 12.1. The number of nitrogens with zero attached hydrogens (tertiary/aromatic N) is 1. The van der Waals surface area contributed by atoms with Crippen LogP contribution < -0.4 is 10.2 Å². The van der Waals surface area contributed by atoms with E-state index in [1.807, 2.05) is 54.0 Å². The van der Waals surface area contributed by atoms with Crippen LogP contribution in [0.1, 0.15) is 28.4 Å². The van der Waals surface area contributed by atoms with Crippen molar-refractivity contribution in [2.75, 3.05) is 25.5 Å². The van der Waals surface area contributed by atoms with Crippen LogP contribution in [-0.4, -0.2) is 31.7 Å². The summed E-state index contributed by atoms with van der Waals surface area (Å²) in [6, 6.07) is 9.36. The van der Waals surface area contributed by atoms with E-state index in [9.17, 15) is 9.90 Å². The predicted octanol–water partition coefficient (Wildman–Crippen LogP) is 2.67. The number of rotatable bonds is 6. The summed E-state index contributed by atoms with van der Waals surface area (Å²) in [5, 5.41) is 16.7. The number of amides is 1. The lowest BCUT2D eigenvalue weighted by molar-refractivity contribution is 0.0942. The molecule has 0 aliphatic rings. The SMILES string of the molecule is CN(C)c1cccc(C(=O)NCC[C@@H](O)c2ccsc2)c1. The molecule has 0 saturated carbocycles. The van der Waals surface area contributed by atoms with Crippen molar-refractivity contribution >= 4 is 22.9 Å². The van der Waals surface area contributed by atoms with Gasteiger partial charge in [0.05, 0.1) is 6.10 Å². The summed E-state index contributed by atoms with van der Waals surface area (Å²) in [5.74, 6) is -0.115. The Morgan fingerprint density at radius 2 is 2.19 bits per heavy atom. The number of hydrogen-bond donors (Lipinski definition) is 2. The highest BCUT2D eigenvalue weighted by Crippen LogP contribution is 2.18. The Labute approximate surface area is 129 Å². The van der Waals surface area contributed by atoms with Crippen LogP contribution in [0.25, 0.3) is 0 Å². The maximum atomic E-state index is 12.1. The van der Waals surface area contributed by atoms with Gasteiger partial charge in [0.1, 0.15) is 0 Å². The first-order valence-corrected chi connectivity index (χ1v) is 7.78. The molecule has 112 valence electrons. The Bertz CT molecular complexity index is 582.